The Kier molecular flexibility index (Phi) is 4.68. The van der Waals surface area contributed by atoms with Crippen LogP contribution in [0, 0.1) is 0 Å². The molecule has 0 bridgehead atoms. The number of hydrogen-bond acceptors (Lipinski definition) is 2. The number of rotatable bonds is 4. The number of aromatic carboxylic acids is 1. The van der Waals surface area contributed by atoms with Gasteiger partial charge in [0.25, 0.3) is 0 Å². The zero-order valence-corrected chi connectivity index (χ0v) is 13.1. The van der Waals surface area contributed by atoms with E-state index in [-0.39, 0.29) is 11.6 Å². The van der Waals surface area contributed by atoms with Crippen LogP contribution < -0.4 is 5.32 Å². The summed E-state index contributed by atoms with van der Waals surface area (Å²) in [7, 11) is 0. The number of benzene rings is 2. The predicted molar refractivity (Wildman–Crippen MR) is 84.6 cm³/mol. The van der Waals surface area contributed by atoms with Crippen LogP contribution in [0.1, 0.15) is 28.9 Å². The molecule has 0 amide bonds. The molecule has 0 spiro atoms. The second-order valence-electron chi connectivity index (χ2n) is 4.38. The van der Waals surface area contributed by atoms with Gasteiger partial charge in [0.15, 0.2) is 0 Å². The standard InChI is InChI=1S/C15H13BrClNO2/c1-9(11-4-2-3-5-13(11)17)18-14-7-6-10(16)8-12(14)15(19)20/h2-9,18H,1H3,(H,19,20). The first-order chi connectivity index (χ1) is 9.49. The van der Waals surface area contributed by atoms with Crippen molar-refractivity contribution >= 4 is 39.2 Å². The van der Waals surface area contributed by atoms with Crippen LogP contribution in [0.2, 0.25) is 5.02 Å². The monoisotopic (exact) mass is 353 g/mol. The van der Waals surface area contributed by atoms with E-state index in [0.717, 1.165) is 10.0 Å². The number of carboxylic acids is 1. The normalized spacial score (nSPS) is 11.9. The van der Waals surface area contributed by atoms with E-state index in [9.17, 15) is 9.90 Å². The van der Waals surface area contributed by atoms with Crippen molar-refractivity contribution in [2.75, 3.05) is 5.32 Å². The quantitative estimate of drug-likeness (QED) is 0.814. The topological polar surface area (TPSA) is 49.3 Å². The summed E-state index contributed by atoms with van der Waals surface area (Å²) in [6.45, 7) is 1.94. The Balaban J connectivity index is 2.31. The molecule has 0 aromatic heterocycles. The Bertz CT molecular complexity index is 646. The molecule has 20 heavy (non-hydrogen) atoms. The van der Waals surface area contributed by atoms with E-state index in [1.54, 1.807) is 18.2 Å². The number of hydrogen-bond donors (Lipinski definition) is 2. The van der Waals surface area contributed by atoms with Gasteiger partial charge in [0.05, 0.1) is 11.6 Å². The van der Waals surface area contributed by atoms with Crippen LogP contribution in [-0.4, -0.2) is 11.1 Å². The minimum Gasteiger partial charge on any atom is -0.478 e. The van der Waals surface area contributed by atoms with Crippen LogP contribution in [-0.2, 0) is 0 Å². The minimum absolute atomic E-state index is 0.0945. The molecule has 1 unspecified atom stereocenters. The lowest BCUT2D eigenvalue weighted by molar-refractivity contribution is 0.0698. The molecule has 0 saturated carbocycles. The Hall–Kier alpha value is -1.52. The lowest BCUT2D eigenvalue weighted by Gasteiger charge is -2.18. The largest absolute Gasteiger partial charge is 0.478 e. The summed E-state index contributed by atoms with van der Waals surface area (Å²) in [6.07, 6.45) is 0. The van der Waals surface area contributed by atoms with Crippen LogP contribution >= 0.6 is 27.5 Å². The molecule has 0 heterocycles. The van der Waals surface area contributed by atoms with Crippen LogP contribution in [0.4, 0.5) is 5.69 Å². The summed E-state index contributed by atoms with van der Waals surface area (Å²) < 4.78 is 0.728. The van der Waals surface area contributed by atoms with Gasteiger partial charge < -0.3 is 10.4 Å². The molecule has 104 valence electrons. The maximum absolute atomic E-state index is 11.3. The van der Waals surface area contributed by atoms with E-state index in [4.69, 9.17) is 11.6 Å². The average molecular weight is 355 g/mol. The second kappa shape index (κ2) is 6.29. The number of anilines is 1. The molecule has 0 aliphatic heterocycles. The van der Waals surface area contributed by atoms with Gasteiger partial charge in [-0.25, -0.2) is 4.79 Å². The molecule has 2 aromatic carbocycles. The lowest BCUT2D eigenvalue weighted by atomic mass is 10.1. The molecule has 2 N–H and O–H groups in total. The highest BCUT2D eigenvalue weighted by atomic mass is 79.9. The summed E-state index contributed by atoms with van der Waals surface area (Å²) in [5.41, 5.74) is 1.71. The summed E-state index contributed by atoms with van der Waals surface area (Å²) in [5, 5.41) is 13.1. The maximum atomic E-state index is 11.3. The van der Waals surface area contributed by atoms with E-state index in [0.29, 0.717) is 10.7 Å². The van der Waals surface area contributed by atoms with Crippen molar-refractivity contribution in [3.8, 4) is 0 Å². The molecular formula is C15H13BrClNO2. The summed E-state index contributed by atoms with van der Waals surface area (Å²) >= 11 is 9.42. The molecule has 2 rings (SSSR count). The molecule has 5 heteroatoms. The molecule has 0 radical (unpaired) electrons. The SMILES string of the molecule is CC(Nc1ccc(Br)cc1C(=O)O)c1ccccc1Cl. The van der Waals surface area contributed by atoms with Crippen molar-refractivity contribution in [3.05, 3.63) is 63.1 Å². The zero-order valence-electron chi connectivity index (χ0n) is 10.7. The third-order valence-corrected chi connectivity index (χ3v) is 3.79. The number of carbonyl (C=O) groups is 1. The van der Waals surface area contributed by atoms with Crippen LogP contribution in [0.15, 0.2) is 46.9 Å². The molecular weight excluding hydrogens is 342 g/mol. The van der Waals surface area contributed by atoms with Gasteiger partial charge in [0.1, 0.15) is 0 Å². The smallest absolute Gasteiger partial charge is 0.337 e. The van der Waals surface area contributed by atoms with Crippen molar-refractivity contribution in [2.24, 2.45) is 0 Å². The lowest BCUT2D eigenvalue weighted by Crippen LogP contribution is -2.11. The minimum atomic E-state index is -0.972. The van der Waals surface area contributed by atoms with Gasteiger partial charge >= 0.3 is 5.97 Å². The highest BCUT2D eigenvalue weighted by Gasteiger charge is 2.14. The fraction of sp³-hybridized carbons (Fsp3) is 0.133. The molecule has 0 saturated heterocycles. The Morgan fingerprint density at radius 2 is 2.00 bits per heavy atom. The molecule has 0 aliphatic carbocycles. The average Bonchev–Trinajstić information content (AvgIpc) is 2.41. The van der Waals surface area contributed by atoms with Crippen LogP contribution in [0.5, 0.6) is 0 Å². The summed E-state index contributed by atoms with van der Waals surface area (Å²) in [5.74, 6) is -0.972. The fourth-order valence-corrected chi connectivity index (χ4v) is 2.62. The van der Waals surface area contributed by atoms with E-state index in [1.807, 2.05) is 31.2 Å². The van der Waals surface area contributed by atoms with Crippen molar-refractivity contribution in [3.63, 3.8) is 0 Å². The Morgan fingerprint density at radius 3 is 2.65 bits per heavy atom. The molecule has 0 fully saturated rings. The summed E-state index contributed by atoms with van der Waals surface area (Å²) in [4.78, 5) is 11.3. The highest BCUT2D eigenvalue weighted by molar-refractivity contribution is 9.10. The van der Waals surface area contributed by atoms with Crippen molar-refractivity contribution in [1.29, 1.82) is 0 Å². The molecule has 0 aliphatic rings. The highest BCUT2D eigenvalue weighted by Crippen LogP contribution is 2.28. The van der Waals surface area contributed by atoms with Crippen molar-refractivity contribution in [2.45, 2.75) is 13.0 Å². The first kappa shape index (κ1) is 14.9. The van der Waals surface area contributed by atoms with Crippen molar-refractivity contribution in [1.82, 2.24) is 0 Å². The van der Waals surface area contributed by atoms with Gasteiger partial charge in [-0.3, -0.25) is 0 Å². The fourth-order valence-electron chi connectivity index (χ4n) is 1.96. The van der Waals surface area contributed by atoms with Crippen LogP contribution in [0.25, 0.3) is 0 Å². The second-order valence-corrected chi connectivity index (χ2v) is 5.71. The Morgan fingerprint density at radius 1 is 1.30 bits per heavy atom. The number of carboxylic acid groups (broad SMARTS) is 1. The van der Waals surface area contributed by atoms with Gasteiger partial charge in [-0.2, -0.15) is 0 Å². The summed E-state index contributed by atoms with van der Waals surface area (Å²) in [6, 6.07) is 12.5. The van der Waals surface area contributed by atoms with Gasteiger partial charge in [-0.15, -0.1) is 0 Å². The van der Waals surface area contributed by atoms with E-state index in [1.165, 1.54) is 0 Å². The van der Waals surface area contributed by atoms with Gasteiger partial charge in [0, 0.05) is 15.2 Å². The van der Waals surface area contributed by atoms with Gasteiger partial charge in [-0.1, -0.05) is 45.7 Å². The van der Waals surface area contributed by atoms with Crippen molar-refractivity contribution < 1.29 is 9.90 Å². The Labute approximate surface area is 130 Å². The predicted octanol–water partition coefficient (Wildman–Crippen LogP) is 4.97. The first-order valence-electron chi connectivity index (χ1n) is 6.03. The third-order valence-electron chi connectivity index (χ3n) is 2.96. The van der Waals surface area contributed by atoms with E-state index >= 15 is 0 Å². The van der Waals surface area contributed by atoms with Gasteiger partial charge in [-0.05, 0) is 36.8 Å². The molecule has 1 atom stereocenters. The molecule has 3 nitrogen and oxygen atoms in total. The van der Waals surface area contributed by atoms with E-state index < -0.39 is 5.97 Å². The number of nitrogens with one attached hydrogen (secondary N) is 1. The molecule has 2 aromatic rings. The maximum Gasteiger partial charge on any atom is 0.337 e. The van der Waals surface area contributed by atoms with Gasteiger partial charge in [0.2, 0.25) is 0 Å². The third kappa shape index (κ3) is 3.32. The van der Waals surface area contributed by atoms with Crippen LogP contribution in [0.3, 0.4) is 0 Å². The number of halogens is 2. The zero-order chi connectivity index (χ0) is 14.7. The van der Waals surface area contributed by atoms with E-state index in [2.05, 4.69) is 21.2 Å². The first-order valence-corrected chi connectivity index (χ1v) is 7.20.